The molecule has 0 aliphatic carbocycles. The van der Waals surface area contributed by atoms with E-state index in [-0.39, 0.29) is 5.82 Å². The molecule has 4 heteroatoms. The average molecular weight is 295 g/mol. The maximum atomic E-state index is 13.3. The van der Waals surface area contributed by atoms with Crippen molar-refractivity contribution in [3.8, 4) is 0 Å². The van der Waals surface area contributed by atoms with Crippen LogP contribution in [0.15, 0.2) is 47.2 Å². The van der Waals surface area contributed by atoms with Gasteiger partial charge >= 0.3 is 0 Å². The number of aromatic nitrogens is 1. The fraction of sp³-hybridized carbons (Fsp3) is 0.154. The molecule has 0 aliphatic heterocycles. The lowest BCUT2D eigenvalue weighted by molar-refractivity contribution is 0.610. The van der Waals surface area contributed by atoms with Gasteiger partial charge in [0, 0.05) is 17.2 Å². The normalized spacial score (nSPS) is 10.2. The number of halogens is 2. The molecule has 0 unspecified atom stereocenters. The molecule has 0 amide bonds. The topological polar surface area (TPSA) is 24.9 Å². The van der Waals surface area contributed by atoms with Crippen molar-refractivity contribution in [1.29, 1.82) is 0 Å². The zero-order chi connectivity index (χ0) is 12.1. The van der Waals surface area contributed by atoms with E-state index in [1.165, 1.54) is 6.07 Å². The van der Waals surface area contributed by atoms with Gasteiger partial charge in [0.15, 0.2) is 0 Å². The van der Waals surface area contributed by atoms with Crippen LogP contribution in [0.1, 0.15) is 5.56 Å². The van der Waals surface area contributed by atoms with Gasteiger partial charge in [0.05, 0.1) is 11.9 Å². The van der Waals surface area contributed by atoms with E-state index in [2.05, 4.69) is 26.2 Å². The summed E-state index contributed by atoms with van der Waals surface area (Å²) in [4.78, 5) is 4.04. The Morgan fingerprint density at radius 1 is 1.24 bits per heavy atom. The Bertz CT molecular complexity index is 502. The van der Waals surface area contributed by atoms with E-state index in [1.54, 1.807) is 24.5 Å². The molecule has 0 bridgehead atoms. The Morgan fingerprint density at radius 3 is 2.82 bits per heavy atom. The SMILES string of the molecule is Fc1ccccc1CCNc1cncc(Br)c1. The highest BCUT2D eigenvalue weighted by molar-refractivity contribution is 9.10. The van der Waals surface area contributed by atoms with Crippen molar-refractivity contribution in [2.75, 3.05) is 11.9 Å². The first kappa shape index (κ1) is 12.0. The summed E-state index contributed by atoms with van der Waals surface area (Å²) in [6.07, 6.45) is 4.12. The minimum Gasteiger partial charge on any atom is -0.383 e. The lowest BCUT2D eigenvalue weighted by Gasteiger charge is -2.06. The Balaban J connectivity index is 1.90. The van der Waals surface area contributed by atoms with E-state index in [1.807, 2.05) is 12.1 Å². The first-order chi connectivity index (χ1) is 8.25. The molecule has 0 saturated heterocycles. The summed E-state index contributed by atoms with van der Waals surface area (Å²) in [5.74, 6) is -0.151. The van der Waals surface area contributed by atoms with E-state index >= 15 is 0 Å². The number of rotatable bonds is 4. The van der Waals surface area contributed by atoms with Crippen LogP contribution in [-0.2, 0) is 6.42 Å². The van der Waals surface area contributed by atoms with Crippen LogP contribution in [0.5, 0.6) is 0 Å². The van der Waals surface area contributed by atoms with E-state index in [4.69, 9.17) is 0 Å². The first-order valence-electron chi connectivity index (χ1n) is 5.33. The summed E-state index contributed by atoms with van der Waals surface area (Å²) in [6.45, 7) is 0.680. The molecule has 0 atom stereocenters. The lowest BCUT2D eigenvalue weighted by Crippen LogP contribution is -2.06. The van der Waals surface area contributed by atoms with Crippen LogP contribution < -0.4 is 5.32 Å². The second-order valence-corrected chi connectivity index (χ2v) is 4.58. The van der Waals surface area contributed by atoms with Crippen LogP contribution in [0, 0.1) is 5.82 Å². The predicted molar refractivity (Wildman–Crippen MR) is 70.5 cm³/mol. The first-order valence-corrected chi connectivity index (χ1v) is 6.13. The minimum absolute atomic E-state index is 0.151. The maximum Gasteiger partial charge on any atom is 0.126 e. The van der Waals surface area contributed by atoms with Gasteiger partial charge in [-0.05, 0) is 40.0 Å². The highest BCUT2D eigenvalue weighted by Gasteiger charge is 2.00. The molecule has 88 valence electrons. The van der Waals surface area contributed by atoms with Crippen molar-refractivity contribution in [3.05, 3.63) is 58.6 Å². The fourth-order valence-electron chi connectivity index (χ4n) is 1.55. The molecule has 0 radical (unpaired) electrons. The number of anilines is 1. The largest absolute Gasteiger partial charge is 0.383 e. The van der Waals surface area contributed by atoms with E-state index in [9.17, 15) is 4.39 Å². The standard InChI is InChI=1S/C13H12BrFN2/c14-11-7-12(9-16-8-11)17-6-5-10-3-1-2-4-13(10)15/h1-4,7-9,17H,5-6H2. The molecular weight excluding hydrogens is 283 g/mol. The van der Waals surface area contributed by atoms with Gasteiger partial charge < -0.3 is 5.32 Å². The summed E-state index contributed by atoms with van der Waals surface area (Å²) >= 11 is 3.35. The summed E-state index contributed by atoms with van der Waals surface area (Å²) in [6, 6.07) is 8.77. The van der Waals surface area contributed by atoms with Gasteiger partial charge in [-0.2, -0.15) is 0 Å². The van der Waals surface area contributed by atoms with Crippen molar-refractivity contribution in [2.45, 2.75) is 6.42 Å². The Labute approximate surface area is 108 Å². The molecule has 0 spiro atoms. The van der Waals surface area contributed by atoms with Crippen LogP contribution in [0.3, 0.4) is 0 Å². The molecular formula is C13H12BrFN2. The monoisotopic (exact) mass is 294 g/mol. The molecule has 1 aromatic carbocycles. The highest BCUT2D eigenvalue weighted by atomic mass is 79.9. The van der Waals surface area contributed by atoms with Crippen LogP contribution >= 0.6 is 15.9 Å². The molecule has 17 heavy (non-hydrogen) atoms. The molecule has 1 heterocycles. The van der Waals surface area contributed by atoms with Crippen LogP contribution in [0.25, 0.3) is 0 Å². The molecule has 0 saturated carbocycles. The zero-order valence-electron chi connectivity index (χ0n) is 9.16. The van der Waals surface area contributed by atoms with Crippen molar-refractivity contribution < 1.29 is 4.39 Å². The van der Waals surface area contributed by atoms with E-state index in [0.29, 0.717) is 13.0 Å². The molecule has 2 rings (SSSR count). The molecule has 1 aromatic heterocycles. The number of hydrogen-bond donors (Lipinski definition) is 1. The highest BCUT2D eigenvalue weighted by Crippen LogP contribution is 2.14. The lowest BCUT2D eigenvalue weighted by atomic mass is 10.1. The molecule has 2 aromatic rings. The van der Waals surface area contributed by atoms with E-state index < -0.39 is 0 Å². The van der Waals surface area contributed by atoms with Gasteiger partial charge in [0.1, 0.15) is 5.82 Å². The van der Waals surface area contributed by atoms with Crippen molar-refractivity contribution in [2.24, 2.45) is 0 Å². The van der Waals surface area contributed by atoms with Gasteiger partial charge in [-0.15, -0.1) is 0 Å². The smallest absolute Gasteiger partial charge is 0.126 e. The summed E-state index contributed by atoms with van der Waals surface area (Å²) < 4.78 is 14.3. The zero-order valence-corrected chi connectivity index (χ0v) is 10.7. The number of nitrogens with zero attached hydrogens (tertiary/aromatic N) is 1. The van der Waals surface area contributed by atoms with Crippen molar-refractivity contribution in [3.63, 3.8) is 0 Å². The van der Waals surface area contributed by atoms with Gasteiger partial charge in [-0.1, -0.05) is 18.2 Å². The Morgan fingerprint density at radius 2 is 2.06 bits per heavy atom. The molecule has 0 aliphatic rings. The Hall–Kier alpha value is -1.42. The van der Waals surface area contributed by atoms with Gasteiger partial charge in [0.25, 0.3) is 0 Å². The maximum absolute atomic E-state index is 13.3. The van der Waals surface area contributed by atoms with Gasteiger partial charge in [-0.25, -0.2) is 4.39 Å². The quantitative estimate of drug-likeness (QED) is 0.931. The number of nitrogens with one attached hydrogen (secondary N) is 1. The minimum atomic E-state index is -0.151. The van der Waals surface area contributed by atoms with E-state index in [0.717, 1.165) is 15.7 Å². The second-order valence-electron chi connectivity index (χ2n) is 3.66. The predicted octanol–water partition coefficient (Wildman–Crippen LogP) is 3.64. The van der Waals surface area contributed by atoms with Crippen LogP contribution in [-0.4, -0.2) is 11.5 Å². The molecule has 2 nitrogen and oxygen atoms in total. The number of benzene rings is 1. The summed E-state index contributed by atoms with van der Waals surface area (Å²) in [5.41, 5.74) is 1.65. The average Bonchev–Trinajstić information content (AvgIpc) is 2.32. The Kier molecular flexibility index (Phi) is 4.09. The van der Waals surface area contributed by atoms with Crippen LogP contribution in [0.2, 0.25) is 0 Å². The van der Waals surface area contributed by atoms with Crippen molar-refractivity contribution >= 4 is 21.6 Å². The third-order valence-corrected chi connectivity index (χ3v) is 2.82. The third kappa shape index (κ3) is 3.53. The summed E-state index contributed by atoms with van der Waals surface area (Å²) in [7, 11) is 0. The number of pyridine rings is 1. The molecule has 1 N–H and O–H groups in total. The number of hydrogen-bond acceptors (Lipinski definition) is 2. The summed E-state index contributed by atoms with van der Waals surface area (Å²) in [5, 5.41) is 3.20. The fourth-order valence-corrected chi connectivity index (χ4v) is 1.92. The molecule has 0 fully saturated rings. The van der Waals surface area contributed by atoms with Gasteiger partial charge in [-0.3, -0.25) is 4.98 Å². The van der Waals surface area contributed by atoms with Crippen LogP contribution in [0.4, 0.5) is 10.1 Å². The van der Waals surface area contributed by atoms with Gasteiger partial charge in [0.2, 0.25) is 0 Å². The van der Waals surface area contributed by atoms with Crippen molar-refractivity contribution in [1.82, 2.24) is 4.98 Å². The third-order valence-electron chi connectivity index (χ3n) is 2.39. The second kappa shape index (κ2) is 5.77.